The number of piperazine rings is 1. The molecule has 2 heterocycles. The first-order valence-corrected chi connectivity index (χ1v) is 7.94. The third-order valence-corrected chi connectivity index (χ3v) is 4.18. The summed E-state index contributed by atoms with van der Waals surface area (Å²) < 4.78 is 4.70. The maximum Gasteiger partial charge on any atom is 0.277 e. The van der Waals surface area contributed by atoms with Gasteiger partial charge >= 0.3 is 0 Å². The molecule has 1 N–H and O–H groups in total. The molecule has 1 aromatic carbocycles. The Bertz CT molecular complexity index is 646. The predicted octanol–water partition coefficient (Wildman–Crippen LogP) is 2.46. The number of nitrogens with one attached hydrogen (secondary N) is 1. The average Bonchev–Trinajstić information content (AvgIpc) is 3.10. The zero-order valence-electron chi connectivity index (χ0n) is 13.5. The summed E-state index contributed by atoms with van der Waals surface area (Å²) in [6.07, 6.45) is 1.39. The van der Waals surface area contributed by atoms with Crippen LogP contribution in [-0.4, -0.2) is 48.2 Å². The van der Waals surface area contributed by atoms with Gasteiger partial charge in [-0.05, 0) is 32.0 Å². The summed E-state index contributed by atoms with van der Waals surface area (Å²) >= 11 is 0. The molecule has 1 aliphatic rings. The highest BCUT2D eigenvalue weighted by Crippen LogP contribution is 2.21. The lowest BCUT2D eigenvalue weighted by Gasteiger charge is -2.38. The maximum absolute atomic E-state index is 12.0. The smallest absolute Gasteiger partial charge is 0.277 e. The molecule has 0 saturated carbocycles. The predicted molar refractivity (Wildman–Crippen MR) is 89.8 cm³/mol. The molecule has 6 heteroatoms. The van der Waals surface area contributed by atoms with Crippen LogP contribution in [0.2, 0.25) is 0 Å². The van der Waals surface area contributed by atoms with E-state index in [4.69, 9.17) is 4.52 Å². The SMILES string of the molecule is CC(C)N1CCN(c2cccc(NC(=O)c3ccon3)c2)CC1. The van der Waals surface area contributed by atoms with Crippen molar-refractivity contribution in [1.82, 2.24) is 10.1 Å². The molecule has 2 aromatic rings. The summed E-state index contributed by atoms with van der Waals surface area (Å²) in [5.41, 5.74) is 2.18. The normalized spacial score (nSPS) is 15.9. The largest absolute Gasteiger partial charge is 0.369 e. The first-order valence-electron chi connectivity index (χ1n) is 7.94. The second-order valence-electron chi connectivity index (χ2n) is 6.01. The van der Waals surface area contributed by atoms with Gasteiger partial charge in [0.05, 0.1) is 0 Å². The Morgan fingerprint density at radius 2 is 2.00 bits per heavy atom. The monoisotopic (exact) mass is 314 g/mol. The van der Waals surface area contributed by atoms with Crippen LogP contribution >= 0.6 is 0 Å². The highest BCUT2D eigenvalue weighted by atomic mass is 16.5. The van der Waals surface area contributed by atoms with E-state index in [1.807, 2.05) is 18.2 Å². The fourth-order valence-electron chi connectivity index (χ4n) is 2.80. The van der Waals surface area contributed by atoms with Crippen molar-refractivity contribution in [3.8, 4) is 0 Å². The van der Waals surface area contributed by atoms with Gasteiger partial charge in [-0.1, -0.05) is 11.2 Å². The lowest BCUT2D eigenvalue weighted by atomic mass is 10.2. The van der Waals surface area contributed by atoms with E-state index in [-0.39, 0.29) is 11.6 Å². The van der Waals surface area contributed by atoms with Gasteiger partial charge in [0.1, 0.15) is 6.26 Å². The highest BCUT2D eigenvalue weighted by Gasteiger charge is 2.19. The zero-order chi connectivity index (χ0) is 16.2. The Balaban J connectivity index is 1.65. The molecule has 1 aromatic heterocycles. The molecule has 122 valence electrons. The molecule has 1 fully saturated rings. The Labute approximate surface area is 136 Å². The van der Waals surface area contributed by atoms with Crippen molar-refractivity contribution in [2.75, 3.05) is 36.4 Å². The molecule has 1 saturated heterocycles. The van der Waals surface area contributed by atoms with Crippen LogP contribution in [0.1, 0.15) is 24.3 Å². The summed E-state index contributed by atoms with van der Waals surface area (Å²) in [5, 5.41) is 6.50. The van der Waals surface area contributed by atoms with Gasteiger partial charge in [0, 0.05) is 49.7 Å². The number of hydrogen-bond acceptors (Lipinski definition) is 5. The molecule has 0 aliphatic carbocycles. The summed E-state index contributed by atoms with van der Waals surface area (Å²) in [6, 6.07) is 10.1. The van der Waals surface area contributed by atoms with Gasteiger partial charge in [0.15, 0.2) is 5.69 Å². The highest BCUT2D eigenvalue weighted by molar-refractivity contribution is 6.02. The number of carbonyl (C=O) groups is 1. The molecule has 0 spiro atoms. The molecule has 23 heavy (non-hydrogen) atoms. The summed E-state index contributed by atoms with van der Waals surface area (Å²) in [4.78, 5) is 16.9. The summed E-state index contributed by atoms with van der Waals surface area (Å²) in [7, 11) is 0. The molecule has 1 amide bonds. The standard InChI is InChI=1S/C17H22N4O2/c1-13(2)20-7-9-21(10-8-20)15-5-3-4-14(12-15)18-17(22)16-6-11-23-19-16/h3-6,11-13H,7-10H2,1-2H3,(H,18,22). The zero-order valence-corrected chi connectivity index (χ0v) is 13.5. The van der Waals surface area contributed by atoms with Gasteiger partial charge in [-0.2, -0.15) is 0 Å². The van der Waals surface area contributed by atoms with E-state index in [0.717, 1.165) is 37.6 Å². The molecule has 3 rings (SSSR count). The number of hydrogen-bond donors (Lipinski definition) is 1. The topological polar surface area (TPSA) is 61.6 Å². The first-order chi connectivity index (χ1) is 11.1. The number of nitrogens with zero attached hydrogens (tertiary/aromatic N) is 3. The van der Waals surface area contributed by atoms with Gasteiger partial charge in [0.25, 0.3) is 5.91 Å². The van der Waals surface area contributed by atoms with Crippen LogP contribution in [-0.2, 0) is 0 Å². The molecule has 6 nitrogen and oxygen atoms in total. The van der Waals surface area contributed by atoms with Crippen LogP contribution in [0.4, 0.5) is 11.4 Å². The minimum Gasteiger partial charge on any atom is -0.369 e. The number of carbonyl (C=O) groups excluding carboxylic acids is 1. The van der Waals surface area contributed by atoms with Gasteiger partial charge in [0.2, 0.25) is 0 Å². The van der Waals surface area contributed by atoms with E-state index >= 15 is 0 Å². The summed E-state index contributed by atoms with van der Waals surface area (Å²) in [6.45, 7) is 8.59. The Morgan fingerprint density at radius 3 is 2.65 bits per heavy atom. The molecular weight excluding hydrogens is 292 g/mol. The maximum atomic E-state index is 12.0. The molecule has 0 unspecified atom stereocenters. The first kappa shape index (κ1) is 15.6. The van der Waals surface area contributed by atoms with Crippen LogP contribution in [0.3, 0.4) is 0 Å². The lowest BCUT2D eigenvalue weighted by molar-refractivity contribution is 0.101. The van der Waals surface area contributed by atoms with Gasteiger partial charge in [-0.25, -0.2) is 0 Å². The molecule has 0 atom stereocenters. The van der Waals surface area contributed by atoms with Gasteiger partial charge < -0.3 is 14.7 Å². The Hall–Kier alpha value is -2.34. The van der Waals surface area contributed by atoms with Crippen molar-refractivity contribution in [2.45, 2.75) is 19.9 Å². The molecule has 0 radical (unpaired) electrons. The molecule has 0 bridgehead atoms. The van der Waals surface area contributed by atoms with Crippen molar-refractivity contribution in [2.24, 2.45) is 0 Å². The van der Waals surface area contributed by atoms with Crippen LogP contribution in [0.15, 0.2) is 41.1 Å². The van der Waals surface area contributed by atoms with E-state index in [9.17, 15) is 4.79 Å². The Kier molecular flexibility index (Phi) is 4.62. The van der Waals surface area contributed by atoms with Gasteiger partial charge in [-0.3, -0.25) is 9.69 Å². The van der Waals surface area contributed by atoms with E-state index < -0.39 is 0 Å². The Morgan fingerprint density at radius 1 is 1.22 bits per heavy atom. The second-order valence-corrected chi connectivity index (χ2v) is 6.01. The van der Waals surface area contributed by atoms with Crippen LogP contribution in [0.5, 0.6) is 0 Å². The van der Waals surface area contributed by atoms with Crippen LogP contribution in [0, 0.1) is 0 Å². The number of rotatable bonds is 4. The van der Waals surface area contributed by atoms with Crippen LogP contribution < -0.4 is 10.2 Å². The average molecular weight is 314 g/mol. The third-order valence-electron chi connectivity index (χ3n) is 4.18. The summed E-state index contributed by atoms with van der Waals surface area (Å²) in [5.74, 6) is -0.263. The number of amides is 1. The minimum absolute atomic E-state index is 0.263. The fraction of sp³-hybridized carbons (Fsp3) is 0.412. The van der Waals surface area contributed by atoms with E-state index in [1.54, 1.807) is 6.07 Å². The fourth-order valence-corrected chi connectivity index (χ4v) is 2.80. The van der Waals surface area contributed by atoms with Crippen molar-refractivity contribution >= 4 is 17.3 Å². The lowest BCUT2D eigenvalue weighted by Crippen LogP contribution is -2.48. The molecule has 1 aliphatic heterocycles. The third kappa shape index (κ3) is 3.71. The van der Waals surface area contributed by atoms with E-state index in [1.165, 1.54) is 6.26 Å². The van der Waals surface area contributed by atoms with Crippen molar-refractivity contribution in [1.29, 1.82) is 0 Å². The van der Waals surface area contributed by atoms with Gasteiger partial charge in [-0.15, -0.1) is 0 Å². The minimum atomic E-state index is -0.263. The number of benzene rings is 1. The van der Waals surface area contributed by atoms with Crippen LogP contribution in [0.25, 0.3) is 0 Å². The quantitative estimate of drug-likeness (QED) is 0.939. The van der Waals surface area contributed by atoms with Crippen molar-refractivity contribution < 1.29 is 9.32 Å². The molecular formula is C17H22N4O2. The van der Waals surface area contributed by atoms with Crippen molar-refractivity contribution in [3.05, 3.63) is 42.3 Å². The number of aromatic nitrogens is 1. The van der Waals surface area contributed by atoms with E-state index in [0.29, 0.717) is 6.04 Å². The van der Waals surface area contributed by atoms with Crippen molar-refractivity contribution in [3.63, 3.8) is 0 Å². The second kappa shape index (κ2) is 6.83. The van der Waals surface area contributed by atoms with E-state index in [2.05, 4.69) is 40.2 Å². The number of anilines is 2.